The fourth-order valence-electron chi connectivity index (χ4n) is 3.97. The number of nitrogens with zero attached hydrogens (tertiary/aromatic N) is 3. The van der Waals surface area contributed by atoms with Crippen LogP contribution in [0.4, 0.5) is 5.69 Å². The van der Waals surface area contributed by atoms with Crippen molar-refractivity contribution in [2.24, 2.45) is 0 Å². The lowest BCUT2D eigenvalue weighted by molar-refractivity contribution is -0.145. The van der Waals surface area contributed by atoms with Gasteiger partial charge in [-0.3, -0.25) is 9.35 Å². The van der Waals surface area contributed by atoms with Gasteiger partial charge in [0.15, 0.2) is 0 Å². The number of carboxylic acids is 1. The highest BCUT2D eigenvalue weighted by Crippen LogP contribution is 2.23. The Morgan fingerprint density at radius 1 is 1.03 bits per heavy atom. The zero-order chi connectivity index (χ0) is 23.4. The molecule has 0 aliphatic carbocycles. The molecule has 0 amide bonds. The van der Waals surface area contributed by atoms with Gasteiger partial charge < -0.3 is 14.7 Å². The molecule has 3 aromatic carbocycles. The highest BCUT2D eigenvalue weighted by atomic mass is 32.2. The van der Waals surface area contributed by atoms with Crippen molar-refractivity contribution in [1.29, 1.82) is 0 Å². The minimum atomic E-state index is -2.39. The highest BCUT2D eigenvalue weighted by molar-refractivity contribution is 7.76. The molecule has 0 bridgehead atoms. The smallest absolute Gasteiger partial charge is 0.323 e. The summed E-state index contributed by atoms with van der Waals surface area (Å²) in [6.45, 7) is 4.00. The van der Waals surface area contributed by atoms with Crippen LogP contribution in [0, 0.1) is 0 Å². The zero-order valence-corrected chi connectivity index (χ0v) is 19.1. The highest BCUT2D eigenvalue weighted by Gasteiger charge is 2.33. The largest absolute Gasteiger partial charge is 0.489 e. The maximum Gasteiger partial charge on any atom is 0.323 e. The Morgan fingerprint density at radius 3 is 2.33 bits per heavy atom. The molecule has 1 aliphatic rings. The number of carbonyl (C=O) groups is 1. The van der Waals surface area contributed by atoms with E-state index in [1.165, 1.54) is 17.7 Å². The van der Waals surface area contributed by atoms with Gasteiger partial charge in [0.1, 0.15) is 18.4 Å². The van der Waals surface area contributed by atoms with E-state index in [-0.39, 0.29) is 0 Å². The molecular weight excluding hydrogens is 442 g/mol. The molecular formula is C24H27N3O5S. The van der Waals surface area contributed by atoms with Crippen molar-refractivity contribution in [1.82, 2.24) is 9.42 Å². The predicted octanol–water partition coefficient (Wildman–Crippen LogP) is 3.37. The van der Waals surface area contributed by atoms with E-state index in [0.29, 0.717) is 32.8 Å². The number of hydrazine groups is 1. The maximum atomic E-state index is 11.7. The molecule has 0 radical (unpaired) electrons. The Balaban J connectivity index is 1.33. The lowest BCUT2D eigenvalue weighted by Crippen LogP contribution is -2.58. The molecule has 3 aromatic rings. The third-order valence-corrected chi connectivity index (χ3v) is 6.67. The summed E-state index contributed by atoms with van der Waals surface area (Å²) in [5.74, 6) is -0.359. The summed E-state index contributed by atoms with van der Waals surface area (Å²) in [5, 5.41) is 13.2. The van der Waals surface area contributed by atoms with E-state index in [1.54, 1.807) is 5.01 Å². The van der Waals surface area contributed by atoms with Gasteiger partial charge in [-0.25, -0.2) is 9.22 Å². The second-order valence-corrected chi connectivity index (χ2v) is 8.79. The molecule has 2 unspecified atom stereocenters. The first kappa shape index (κ1) is 23.2. The van der Waals surface area contributed by atoms with Crippen LogP contribution >= 0.6 is 0 Å². The van der Waals surface area contributed by atoms with Crippen LogP contribution in [0.25, 0.3) is 10.8 Å². The first-order valence-electron chi connectivity index (χ1n) is 10.8. The first-order valence-corrected chi connectivity index (χ1v) is 11.8. The molecule has 0 saturated carbocycles. The fourth-order valence-corrected chi connectivity index (χ4v) is 4.69. The average molecular weight is 470 g/mol. The minimum absolute atomic E-state index is 0.449. The number of carboxylic acid groups (broad SMARTS) is 1. The van der Waals surface area contributed by atoms with E-state index in [0.717, 1.165) is 21.4 Å². The second-order valence-electron chi connectivity index (χ2n) is 7.95. The van der Waals surface area contributed by atoms with Crippen LogP contribution in [0.15, 0.2) is 66.7 Å². The molecule has 4 rings (SSSR count). The van der Waals surface area contributed by atoms with Gasteiger partial charge in [0.2, 0.25) is 11.3 Å². The van der Waals surface area contributed by atoms with Gasteiger partial charge in [0, 0.05) is 31.9 Å². The van der Waals surface area contributed by atoms with E-state index < -0.39 is 23.3 Å². The summed E-state index contributed by atoms with van der Waals surface area (Å²) in [7, 11) is 0. The van der Waals surface area contributed by atoms with E-state index in [9.17, 15) is 18.7 Å². The third-order valence-electron chi connectivity index (χ3n) is 5.80. The monoisotopic (exact) mass is 469 g/mol. The van der Waals surface area contributed by atoms with Gasteiger partial charge in [-0.2, -0.15) is 0 Å². The molecule has 1 fully saturated rings. The molecule has 1 heterocycles. The van der Waals surface area contributed by atoms with Gasteiger partial charge >= 0.3 is 5.97 Å². The summed E-state index contributed by atoms with van der Waals surface area (Å²) in [6.07, 6.45) is 0. The van der Waals surface area contributed by atoms with E-state index >= 15 is 0 Å². The third kappa shape index (κ3) is 5.51. The van der Waals surface area contributed by atoms with Crippen LogP contribution in [0.1, 0.15) is 12.5 Å². The summed E-state index contributed by atoms with van der Waals surface area (Å²) < 4.78 is 28.2. The van der Waals surface area contributed by atoms with E-state index in [1.807, 2.05) is 36.4 Å². The number of hydrogen-bond donors (Lipinski definition) is 2. The topological polar surface area (TPSA) is 93.5 Å². The zero-order valence-electron chi connectivity index (χ0n) is 18.3. The van der Waals surface area contributed by atoms with Crippen LogP contribution in [0.5, 0.6) is 5.75 Å². The molecule has 2 N–H and O–H groups in total. The SMILES string of the molecule is CC(C(=O)O)N(N1CCN(c2ccc(OCc3ccc4ccccc4c3)cc2)CC1)S(=O)O. The Kier molecular flexibility index (Phi) is 7.24. The number of aliphatic carboxylic acids is 1. The second kappa shape index (κ2) is 10.3. The Labute approximate surface area is 195 Å². The molecule has 174 valence electrons. The molecule has 1 aliphatic heterocycles. The molecule has 1 saturated heterocycles. The van der Waals surface area contributed by atoms with Crippen molar-refractivity contribution in [3.05, 3.63) is 72.3 Å². The van der Waals surface area contributed by atoms with Gasteiger partial charge in [-0.1, -0.05) is 36.4 Å². The Morgan fingerprint density at radius 2 is 1.70 bits per heavy atom. The van der Waals surface area contributed by atoms with Crippen LogP contribution < -0.4 is 9.64 Å². The summed E-state index contributed by atoms with van der Waals surface area (Å²) >= 11 is -2.39. The number of hydrogen-bond acceptors (Lipinski definition) is 5. The number of ether oxygens (including phenoxy) is 1. The molecule has 0 spiro atoms. The first-order chi connectivity index (χ1) is 15.9. The predicted molar refractivity (Wildman–Crippen MR) is 128 cm³/mol. The summed E-state index contributed by atoms with van der Waals surface area (Å²) in [6, 6.07) is 21.3. The van der Waals surface area contributed by atoms with Crippen LogP contribution in [0.2, 0.25) is 0 Å². The van der Waals surface area contributed by atoms with Crippen LogP contribution in [-0.4, -0.2) is 61.5 Å². The van der Waals surface area contributed by atoms with Gasteiger partial charge in [-0.15, -0.1) is 4.41 Å². The average Bonchev–Trinajstić information content (AvgIpc) is 2.83. The number of rotatable bonds is 8. The number of benzene rings is 3. The lowest BCUT2D eigenvalue weighted by Gasteiger charge is -2.41. The number of anilines is 1. The van der Waals surface area contributed by atoms with Crippen LogP contribution in [0.3, 0.4) is 0 Å². The summed E-state index contributed by atoms with van der Waals surface area (Å²) in [5.41, 5.74) is 2.13. The van der Waals surface area contributed by atoms with E-state index in [4.69, 9.17) is 4.74 Å². The van der Waals surface area contributed by atoms with Crippen molar-refractivity contribution in [2.45, 2.75) is 19.6 Å². The molecule has 9 heteroatoms. The normalized spacial score (nSPS) is 16.6. The fraction of sp³-hybridized carbons (Fsp3) is 0.292. The maximum absolute atomic E-state index is 11.7. The Bertz CT molecular complexity index is 1130. The number of piperazine rings is 1. The molecule has 8 nitrogen and oxygen atoms in total. The van der Waals surface area contributed by atoms with Gasteiger partial charge in [-0.05, 0) is 53.6 Å². The standard InChI is InChI=1S/C24H27N3O5S/c1-18(24(28)29)27(33(30)31)26-14-12-25(13-15-26)22-8-10-23(11-9-22)32-17-19-6-7-20-4-2-3-5-21(20)16-19/h2-11,16,18H,12-15,17H2,1H3,(H,28,29)(H,30,31). The van der Waals surface area contributed by atoms with Crippen molar-refractivity contribution in [3.63, 3.8) is 0 Å². The van der Waals surface area contributed by atoms with Crippen molar-refractivity contribution >= 4 is 33.7 Å². The summed E-state index contributed by atoms with van der Waals surface area (Å²) in [4.78, 5) is 13.4. The lowest BCUT2D eigenvalue weighted by atomic mass is 10.1. The number of fused-ring (bicyclic) bond motifs is 1. The van der Waals surface area contributed by atoms with Gasteiger partial charge in [0.05, 0.1) is 0 Å². The van der Waals surface area contributed by atoms with E-state index in [2.05, 4.69) is 35.2 Å². The quantitative estimate of drug-likeness (QED) is 0.489. The Hall–Kier alpha value is -2.98. The van der Waals surface area contributed by atoms with Gasteiger partial charge in [0.25, 0.3) is 0 Å². The molecule has 2 atom stereocenters. The van der Waals surface area contributed by atoms with Crippen molar-refractivity contribution < 1.29 is 23.4 Å². The van der Waals surface area contributed by atoms with Crippen molar-refractivity contribution in [2.75, 3.05) is 31.1 Å². The molecule has 33 heavy (non-hydrogen) atoms. The minimum Gasteiger partial charge on any atom is -0.489 e. The van der Waals surface area contributed by atoms with Crippen LogP contribution in [-0.2, 0) is 22.7 Å². The molecule has 0 aromatic heterocycles. The van der Waals surface area contributed by atoms with Crippen molar-refractivity contribution in [3.8, 4) is 5.75 Å².